The molecule has 0 unspecified atom stereocenters. The highest BCUT2D eigenvalue weighted by Crippen LogP contribution is 2.13. The molecule has 17 heavy (non-hydrogen) atoms. The van der Waals surface area contributed by atoms with Gasteiger partial charge in [0.25, 0.3) is 5.43 Å². The Morgan fingerprint density at radius 3 is 2.41 bits per heavy atom. The van der Waals surface area contributed by atoms with E-state index in [1.807, 2.05) is 0 Å². The van der Waals surface area contributed by atoms with Gasteiger partial charge in [-0.1, -0.05) is 18.2 Å². The predicted octanol–water partition coefficient (Wildman–Crippen LogP) is 0.111. The van der Waals surface area contributed by atoms with Crippen LogP contribution in [0, 0.1) is 0 Å². The molecule has 0 spiro atoms. The van der Waals surface area contributed by atoms with Gasteiger partial charge in [0.15, 0.2) is 0 Å². The summed E-state index contributed by atoms with van der Waals surface area (Å²) in [6, 6.07) is 4.94. The van der Waals surface area contributed by atoms with Gasteiger partial charge in [-0.25, -0.2) is 0 Å². The minimum Gasteiger partial charge on any atom is -0.396 e. The molecule has 0 saturated heterocycles. The molecule has 2 aromatic carbocycles. The normalized spacial score (nSPS) is 11.1. The average molecular weight is 232 g/mol. The van der Waals surface area contributed by atoms with E-state index in [1.54, 1.807) is 12.1 Å². The van der Waals surface area contributed by atoms with Gasteiger partial charge in [0.1, 0.15) is 0 Å². The first kappa shape index (κ1) is 11.7. The maximum atomic E-state index is 11.6. The average Bonchev–Trinajstić information content (AvgIpc) is 2.56. The Kier molecular flexibility index (Phi) is 3.15. The minimum absolute atomic E-state index is 0.0980. The Labute approximate surface area is 96.8 Å². The zero-order chi connectivity index (χ0) is 12.4. The van der Waals surface area contributed by atoms with Gasteiger partial charge in [-0.15, -0.1) is 0 Å². The summed E-state index contributed by atoms with van der Waals surface area (Å²) in [5.74, 6) is 0. The lowest BCUT2D eigenvalue weighted by atomic mass is 10.0. The molecule has 4 nitrogen and oxygen atoms in total. The molecule has 88 valence electrons. The second kappa shape index (κ2) is 4.59. The van der Waals surface area contributed by atoms with E-state index in [4.69, 9.17) is 5.11 Å². The lowest BCUT2D eigenvalue weighted by Gasteiger charge is -2.01. The molecule has 0 atom stereocenters. The van der Waals surface area contributed by atoms with E-state index in [-0.39, 0.29) is 17.4 Å². The Balaban J connectivity index is 2.58. The number of aryl methyl sites for hydroxylation is 1. The SMILES string of the molecule is O=c1c(=O)c2cccc(CCCCO)c2c1=O. The predicted molar refractivity (Wildman–Crippen MR) is 65.2 cm³/mol. The quantitative estimate of drug-likeness (QED) is 0.600. The van der Waals surface area contributed by atoms with Crippen molar-refractivity contribution >= 4 is 10.8 Å². The highest BCUT2D eigenvalue weighted by Gasteiger charge is 2.14. The zero-order valence-corrected chi connectivity index (χ0v) is 9.23. The number of fused-ring (bicyclic) bond motifs is 1. The van der Waals surface area contributed by atoms with Crippen molar-refractivity contribution in [3.63, 3.8) is 0 Å². The molecule has 1 N–H and O–H groups in total. The van der Waals surface area contributed by atoms with E-state index in [1.165, 1.54) is 6.07 Å². The molecule has 0 radical (unpaired) electrons. The van der Waals surface area contributed by atoms with Crippen molar-refractivity contribution in [3.05, 3.63) is 54.4 Å². The molecular weight excluding hydrogens is 220 g/mol. The fourth-order valence-electron chi connectivity index (χ4n) is 2.03. The molecule has 4 heteroatoms. The number of hydrogen-bond donors (Lipinski definition) is 1. The molecule has 0 saturated carbocycles. The van der Waals surface area contributed by atoms with Crippen molar-refractivity contribution in [2.75, 3.05) is 6.61 Å². The standard InChI is InChI=1S/C13H12O4/c14-7-2-1-4-8-5-3-6-9-10(8)12(16)13(17)11(9)15/h3,5-6,14H,1-2,4,7H2. The summed E-state index contributed by atoms with van der Waals surface area (Å²) in [7, 11) is 0. The molecule has 0 heterocycles. The topological polar surface area (TPSA) is 71.4 Å². The number of aliphatic hydroxyl groups excluding tert-OH is 1. The fourth-order valence-corrected chi connectivity index (χ4v) is 2.03. The van der Waals surface area contributed by atoms with Gasteiger partial charge < -0.3 is 5.11 Å². The number of unbranched alkanes of at least 4 members (excludes halogenated alkanes) is 1. The third kappa shape index (κ3) is 1.91. The highest BCUT2D eigenvalue weighted by molar-refractivity contribution is 5.86. The van der Waals surface area contributed by atoms with E-state index in [0.29, 0.717) is 12.8 Å². The largest absolute Gasteiger partial charge is 0.396 e. The Hall–Kier alpha value is -1.81. The molecule has 0 aliphatic carbocycles. The van der Waals surface area contributed by atoms with Gasteiger partial charge in [0.05, 0.1) is 0 Å². The van der Waals surface area contributed by atoms with E-state index in [2.05, 4.69) is 0 Å². The van der Waals surface area contributed by atoms with Crippen LogP contribution in [0.4, 0.5) is 0 Å². The van der Waals surface area contributed by atoms with Crippen LogP contribution < -0.4 is 16.3 Å². The second-order valence-electron chi connectivity index (χ2n) is 4.01. The van der Waals surface area contributed by atoms with E-state index < -0.39 is 16.3 Å². The molecule has 2 aromatic rings. The first-order valence-corrected chi connectivity index (χ1v) is 5.53. The lowest BCUT2D eigenvalue weighted by Crippen LogP contribution is -2.29. The Morgan fingerprint density at radius 1 is 0.941 bits per heavy atom. The van der Waals surface area contributed by atoms with Crippen LogP contribution in [0.15, 0.2) is 32.6 Å². The van der Waals surface area contributed by atoms with Gasteiger partial charge >= 0.3 is 0 Å². The van der Waals surface area contributed by atoms with Crippen LogP contribution in [0.2, 0.25) is 0 Å². The van der Waals surface area contributed by atoms with E-state index >= 15 is 0 Å². The maximum Gasteiger partial charge on any atom is 0.273 e. The van der Waals surface area contributed by atoms with Crippen LogP contribution in [-0.4, -0.2) is 11.7 Å². The summed E-state index contributed by atoms with van der Waals surface area (Å²) in [4.78, 5) is 34.4. The van der Waals surface area contributed by atoms with Crippen LogP contribution in [0.3, 0.4) is 0 Å². The molecule has 0 fully saturated rings. The minimum atomic E-state index is -0.936. The number of aliphatic hydroxyl groups is 1. The van der Waals surface area contributed by atoms with Gasteiger partial charge in [-0.05, 0) is 24.8 Å². The van der Waals surface area contributed by atoms with Crippen LogP contribution >= 0.6 is 0 Å². The first-order valence-electron chi connectivity index (χ1n) is 5.53. The molecule has 2 rings (SSSR count). The van der Waals surface area contributed by atoms with Crippen molar-refractivity contribution in [2.45, 2.75) is 19.3 Å². The lowest BCUT2D eigenvalue weighted by molar-refractivity contribution is 0.284. The van der Waals surface area contributed by atoms with Crippen LogP contribution in [-0.2, 0) is 6.42 Å². The summed E-state index contributed by atoms with van der Waals surface area (Å²) < 4.78 is 0. The number of rotatable bonds is 4. The van der Waals surface area contributed by atoms with Crippen LogP contribution in [0.1, 0.15) is 18.4 Å². The highest BCUT2D eigenvalue weighted by atomic mass is 16.3. The van der Waals surface area contributed by atoms with Gasteiger partial charge in [0.2, 0.25) is 10.9 Å². The molecule has 0 aliphatic rings. The third-order valence-electron chi connectivity index (χ3n) is 2.89. The van der Waals surface area contributed by atoms with Gasteiger partial charge in [0, 0.05) is 17.4 Å². The molecular formula is C13H12O4. The van der Waals surface area contributed by atoms with Crippen molar-refractivity contribution in [1.29, 1.82) is 0 Å². The van der Waals surface area contributed by atoms with Crippen molar-refractivity contribution < 1.29 is 5.11 Å². The van der Waals surface area contributed by atoms with Crippen molar-refractivity contribution in [2.24, 2.45) is 0 Å². The third-order valence-corrected chi connectivity index (χ3v) is 2.89. The maximum absolute atomic E-state index is 11.6. The van der Waals surface area contributed by atoms with Gasteiger partial charge in [-0.2, -0.15) is 0 Å². The summed E-state index contributed by atoms with van der Waals surface area (Å²) >= 11 is 0. The van der Waals surface area contributed by atoms with Crippen LogP contribution in [0.25, 0.3) is 10.8 Å². The summed E-state index contributed by atoms with van der Waals surface area (Å²) in [6.45, 7) is 0.0980. The number of benzene rings is 1. The molecule has 0 aliphatic heterocycles. The van der Waals surface area contributed by atoms with Gasteiger partial charge in [-0.3, -0.25) is 14.4 Å². The fraction of sp³-hybridized carbons (Fsp3) is 0.308. The smallest absolute Gasteiger partial charge is 0.273 e. The summed E-state index contributed by atoms with van der Waals surface area (Å²) in [5.41, 5.74) is -1.60. The molecule has 0 bridgehead atoms. The molecule has 0 amide bonds. The second-order valence-corrected chi connectivity index (χ2v) is 4.01. The summed E-state index contributed by atoms with van der Waals surface area (Å²) in [6.07, 6.45) is 1.96. The monoisotopic (exact) mass is 232 g/mol. The van der Waals surface area contributed by atoms with E-state index in [0.717, 1.165) is 12.0 Å². The van der Waals surface area contributed by atoms with E-state index in [9.17, 15) is 14.4 Å². The number of hydrogen-bond acceptors (Lipinski definition) is 4. The summed E-state index contributed by atoms with van der Waals surface area (Å²) in [5, 5.41) is 9.19. The zero-order valence-electron chi connectivity index (χ0n) is 9.23. The van der Waals surface area contributed by atoms with Crippen molar-refractivity contribution in [3.8, 4) is 0 Å². The van der Waals surface area contributed by atoms with Crippen molar-refractivity contribution in [1.82, 2.24) is 0 Å². The van der Waals surface area contributed by atoms with Crippen LogP contribution in [0.5, 0.6) is 0 Å². The first-order chi connectivity index (χ1) is 8.16. The Morgan fingerprint density at radius 2 is 1.71 bits per heavy atom. The Bertz CT molecular complexity index is 678. The molecule has 0 aromatic heterocycles.